The quantitative estimate of drug-likeness (QED) is 0.144. The molecule has 2 heterocycles. The van der Waals surface area contributed by atoms with Crippen LogP contribution in [0.2, 0.25) is 0 Å². The van der Waals surface area contributed by atoms with Crippen LogP contribution in [0.25, 0.3) is 0 Å². The molecule has 12 nitrogen and oxygen atoms in total. The van der Waals surface area contributed by atoms with E-state index in [2.05, 4.69) is 24.1 Å². The fourth-order valence-electron chi connectivity index (χ4n) is 4.13. The fraction of sp³-hybridized carbons (Fsp3) is 0.684. The van der Waals surface area contributed by atoms with Crippen LogP contribution in [0.5, 0.6) is 0 Å². The van der Waals surface area contributed by atoms with Crippen molar-refractivity contribution in [2.45, 2.75) is 44.3 Å². The predicted octanol–water partition coefficient (Wildman–Crippen LogP) is -3.27. The maximum absolute atomic E-state index is 13.0. The van der Waals surface area contributed by atoms with Gasteiger partial charge in [0.2, 0.25) is 22.2 Å². The molecule has 1 saturated carbocycles. The molecule has 2 aliphatic rings. The summed E-state index contributed by atoms with van der Waals surface area (Å²) >= 11 is 1.56. The summed E-state index contributed by atoms with van der Waals surface area (Å²) in [5.74, 6) is -1.69. The summed E-state index contributed by atoms with van der Waals surface area (Å²) in [4.78, 5) is 47.0. The fourth-order valence-corrected chi connectivity index (χ4v) is 6.07. The van der Waals surface area contributed by atoms with E-state index < -0.39 is 34.1 Å². The molecule has 0 spiro atoms. The van der Waals surface area contributed by atoms with Gasteiger partial charge in [0.05, 0.1) is 11.7 Å². The molecule has 2 N–H and O–H groups in total. The van der Waals surface area contributed by atoms with E-state index in [9.17, 15) is 27.4 Å². The van der Waals surface area contributed by atoms with E-state index in [1.165, 1.54) is 16.2 Å². The van der Waals surface area contributed by atoms with Crippen LogP contribution in [0.3, 0.4) is 0 Å². The zero-order valence-corrected chi connectivity index (χ0v) is 24.6. The van der Waals surface area contributed by atoms with E-state index in [1.54, 1.807) is 14.1 Å². The molecule has 0 unspecified atom stereocenters. The minimum Gasteiger partial charge on any atom is -0.725 e. The Balaban J connectivity index is 0.00000432. The van der Waals surface area contributed by atoms with Gasteiger partial charge in [0.25, 0.3) is 5.91 Å². The number of nitrogens with zero attached hydrogens (tertiary/aromatic N) is 3. The van der Waals surface area contributed by atoms with E-state index in [1.807, 2.05) is 7.05 Å². The smallest absolute Gasteiger partial charge is 0.725 e. The Labute approximate surface area is 235 Å². The van der Waals surface area contributed by atoms with Gasteiger partial charge >= 0.3 is 29.6 Å². The molecule has 190 valence electrons. The molecule has 0 aromatic carbocycles. The molecule has 1 fully saturated rings. The summed E-state index contributed by atoms with van der Waals surface area (Å²) in [5, 5.41) is 6.04. The number of likely N-dealkylation sites (N-methyl/N-ethyl adjacent to an activating group) is 1. The van der Waals surface area contributed by atoms with Crippen LogP contribution in [-0.2, 0) is 36.6 Å². The zero-order valence-electron chi connectivity index (χ0n) is 20.1. The van der Waals surface area contributed by atoms with Crippen molar-refractivity contribution in [2.75, 3.05) is 33.4 Å². The second-order valence-corrected chi connectivity index (χ2v) is 11.6. The molecule has 0 saturated heterocycles. The van der Waals surface area contributed by atoms with Crippen molar-refractivity contribution in [3.63, 3.8) is 0 Å². The number of hydrogen-bond acceptors (Lipinski definition) is 11. The summed E-state index contributed by atoms with van der Waals surface area (Å²) in [6.07, 6.45) is 2.06. The molecule has 35 heavy (non-hydrogen) atoms. The molecular formula is C19H28N5NaO7S3. The van der Waals surface area contributed by atoms with Crippen LogP contribution >= 0.6 is 23.4 Å². The first-order valence-electron chi connectivity index (χ1n) is 10.7. The Bertz CT molecular complexity index is 1040. The van der Waals surface area contributed by atoms with Crippen molar-refractivity contribution in [2.24, 2.45) is 5.92 Å². The number of carbonyl (C=O) groups is 3. The average molecular weight is 558 g/mol. The SMILES string of the molecule is CN1CCc2nc(C(=O)N[C@@H]3C[C@@H](C(=O)N(C)C)CC[C@H]3NC(=O)CSOS(=O)(=O)[O-])sc2C1.[Na+]. The largest absolute Gasteiger partial charge is 1.00 e. The summed E-state index contributed by atoms with van der Waals surface area (Å²) in [7, 11) is 0.432. The molecule has 1 aliphatic carbocycles. The topological polar surface area (TPSA) is 161 Å². The first kappa shape index (κ1) is 30.4. The molecule has 3 atom stereocenters. The minimum absolute atomic E-state index is 0. The number of hydrogen-bond donors (Lipinski definition) is 2. The third-order valence-corrected chi connectivity index (χ3v) is 8.25. The van der Waals surface area contributed by atoms with Crippen LogP contribution in [0.4, 0.5) is 0 Å². The van der Waals surface area contributed by atoms with Crippen LogP contribution in [0, 0.1) is 5.92 Å². The van der Waals surface area contributed by atoms with Gasteiger partial charge in [0, 0.05) is 62.5 Å². The molecular weight excluding hydrogens is 529 g/mol. The predicted molar refractivity (Wildman–Crippen MR) is 125 cm³/mol. The standard InChI is InChI=1S/C19H29N5O7S3.Na/c1-23(2)19(27)11-4-5-12(20-16(25)10-32-31-34(28,29)30)14(8-11)21-17(26)18-22-13-6-7-24(3)9-15(13)33-18;/h11-12,14H,4-10H2,1-3H3,(H,20,25)(H,21,26)(H,28,29,30);/q;+1/p-1/t11-,12+,14+;/m0./s1. The van der Waals surface area contributed by atoms with E-state index in [0.29, 0.717) is 24.3 Å². The van der Waals surface area contributed by atoms with Crippen LogP contribution < -0.4 is 40.2 Å². The average Bonchev–Trinajstić information content (AvgIpc) is 3.16. The van der Waals surface area contributed by atoms with Crippen molar-refractivity contribution in [3.05, 3.63) is 15.6 Å². The van der Waals surface area contributed by atoms with Crippen LogP contribution in [0.1, 0.15) is 39.6 Å². The van der Waals surface area contributed by atoms with E-state index in [-0.39, 0.29) is 59.3 Å². The van der Waals surface area contributed by atoms with Crippen molar-refractivity contribution in [1.82, 2.24) is 25.4 Å². The van der Waals surface area contributed by atoms with Gasteiger partial charge in [0.15, 0.2) is 5.01 Å². The van der Waals surface area contributed by atoms with Crippen molar-refractivity contribution >= 4 is 51.5 Å². The Morgan fingerprint density at radius 3 is 2.63 bits per heavy atom. The number of aromatic nitrogens is 1. The summed E-state index contributed by atoms with van der Waals surface area (Å²) in [6.45, 7) is 1.61. The number of fused-ring (bicyclic) bond motifs is 1. The molecule has 0 bridgehead atoms. The van der Waals surface area contributed by atoms with Gasteiger partial charge < -0.3 is 25.0 Å². The second-order valence-electron chi connectivity index (χ2n) is 8.61. The van der Waals surface area contributed by atoms with Crippen molar-refractivity contribution in [3.8, 4) is 0 Å². The van der Waals surface area contributed by atoms with E-state index >= 15 is 0 Å². The minimum atomic E-state index is -4.92. The van der Waals surface area contributed by atoms with E-state index in [4.69, 9.17) is 0 Å². The number of rotatable bonds is 8. The summed E-state index contributed by atoms with van der Waals surface area (Å²) in [5.41, 5.74) is 0.924. The molecule has 1 aliphatic heterocycles. The van der Waals surface area contributed by atoms with Gasteiger partial charge in [-0.2, -0.15) is 0 Å². The van der Waals surface area contributed by atoms with Crippen molar-refractivity contribution in [1.29, 1.82) is 0 Å². The molecule has 16 heteroatoms. The van der Waals surface area contributed by atoms with Gasteiger partial charge in [-0.1, -0.05) is 0 Å². The maximum Gasteiger partial charge on any atom is 1.00 e. The normalized spacial score (nSPS) is 22.5. The number of carbonyl (C=O) groups excluding carboxylic acids is 3. The van der Waals surface area contributed by atoms with Gasteiger partial charge in [-0.15, -0.1) is 11.3 Å². The Kier molecular flexibility index (Phi) is 11.4. The molecule has 1 aromatic rings. The van der Waals surface area contributed by atoms with Crippen LogP contribution in [0.15, 0.2) is 0 Å². The van der Waals surface area contributed by atoms with E-state index in [0.717, 1.165) is 30.1 Å². The zero-order chi connectivity index (χ0) is 25.0. The molecule has 1 aromatic heterocycles. The molecule has 0 radical (unpaired) electrons. The first-order chi connectivity index (χ1) is 15.9. The maximum atomic E-state index is 13.0. The Hall–Kier alpha value is -0.780. The van der Waals surface area contributed by atoms with Gasteiger partial charge in [-0.05, 0) is 26.3 Å². The monoisotopic (exact) mass is 557 g/mol. The number of thiazole rings is 1. The number of nitrogens with one attached hydrogen (secondary N) is 2. The molecule has 3 amide bonds. The van der Waals surface area contributed by atoms with Crippen molar-refractivity contribution < 1.29 is 60.5 Å². The number of amides is 3. The van der Waals surface area contributed by atoms with Crippen LogP contribution in [-0.4, -0.2) is 91.0 Å². The Morgan fingerprint density at radius 1 is 1.26 bits per heavy atom. The third-order valence-electron chi connectivity index (χ3n) is 5.74. The second kappa shape index (κ2) is 13.1. The summed E-state index contributed by atoms with van der Waals surface area (Å²) < 4.78 is 35.6. The molecule has 3 rings (SSSR count). The van der Waals surface area contributed by atoms with Gasteiger partial charge in [-0.3, -0.25) is 14.4 Å². The first-order valence-corrected chi connectivity index (χ1v) is 13.7. The summed E-state index contributed by atoms with van der Waals surface area (Å²) in [6, 6.07) is -1.01. The third kappa shape index (κ3) is 8.93. The van der Waals surface area contributed by atoms with Gasteiger partial charge in [0.1, 0.15) is 5.75 Å². The van der Waals surface area contributed by atoms with Gasteiger partial charge in [-0.25, -0.2) is 17.0 Å². The Morgan fingerprint density at radius 2 is 1.97 bits per heavy atom.